The molecule has 28 heavy (non-hydrogen) atoms. The molecular formula is C19H14N2O6S. The third-order valence-electron chi connectivity index (χ3n) is 3.51. The molecule has 3 rings (SSSR count). The molecule has 2 aromatic carbocycles. The molecule has 0 atom stereocenters. The highest BCUT2D eigenvalue weighted by atomic mass is 32.2. The van der Waals surface area contributed by atoms with E-state index < -0.39 is 18.5 Å². The molecule has 0 unspecified atom stereocenters. The van der Waals surface area contributed by atoms with Crippen molar-refractivity contribution in [2.75, 3.05) is 6.61 Å². The highest BCUT2D eigenvalue weighted by Crippen LogP contribution is 2.28. The Labute approximate surface area is 163 Å². The van der Waals surface area contributed by atoms with Crippen molar-refractivity contribution in [2.24, 2.45) is 4.99 Å². The molecule has 1 saturated heterocycles. The maximum atomic E-state index is 12.1. The molecular weight excluding hydrogens is 384 g/mol. The second-order valence-corrected chi connectivity index (χ2v) is 6.62. The largest absolute Gasteiger partial charge is 0.482 e. The number of amides is 1. The summed E-state index contributed by atoms with van der Waals surface area (Å²) in [5, 5.41) is 20.6. The van der Waals surface area contributed by atoms with Gasteiger partial charge < -0.3 is 20.3 Å². The van der Waals surface area contributed by atoms with Crippen LogP contribution in [0.2, 0.25) is 0 Å². The second-order valence-electron chi connectivity index (χ2n) is 5.59. The van der Waals surface area contributed by atoms with Crippen LogP contribution in [-0.4, -0.2) is 39.8 Å². The predicted octanol–water partition coefficient (Wildman–Crippen LogP) is 2.74. The number of hydrogen-bond donors (Lipinski definition) is 3. The molecule has 1 amide bonds. The van der Waals surface area contributed by atoms with Gasteiger partial charge in [-0.05, 0) is 53.7 Å². The number of nitrogens with zero attached hydrogens (tertiary/aromatic N) is 1. The number of amidine groups is 1. The summed E-state index contributed by atoms with van der Waals surface area (Å²) in [5.74, 6) is -2.02. The van der Waals surface area contributed by atoms with Gasteiger partial charge in [-0.25, -0.2) is 14.6 Å². The van der Waals surface area contributed by atoms with Crippen molar-refractivity contribution in [1.29, 1.82) is 0 Å². The number of aliphatic imine (C=N–C) groups is 1. The number of nitrogens with one attached hydrogen (secondary N) is 1. The molecule has 1 aliphatic heterocycles. The minimum atomic E-state index is -1.06. The third kappa shape index (κ3) is 4.98. The zero-order valence-corrected chi connectivity index (χ0v) is 15.1. The first-order valence-electron chi connectivity index (χ1n) is 7.98. The van der Waals surface area contributed by atoms with Crippen LogP contribution in [0.3, 0.4) is 0 Å². The molecule has 0 bridgehead atoms. The second kappa shape index (κ2) is 8.40. The third-order valence-corrected chi connectivity index (χ3v) is 4.42. The summed E-state index contributed by atoms with van der Waals surface area (Å²) in [6, 6.07) is 12.7. The summed E-state index contributed by atoms with van der Waals surface area (Å²) in [4.78, 5) is 38.3. The molecule has 0 saturated carbocycles. The number of benzene rings is 2. The summed E-state index contributed by atoms with van der Waals surface area (Å²) in [6.45, 7) is -0.429. The zero-order chi connectivity index (χ0) is 20.1. The summed E-state index contributed by atoms with van der Waals surface area (Å²) in [5.41, 5.74) is 1.26. The van der Waals surface area contributed by atoms with Crippen LogP contribution in [0, 0.1) is 0 Å². The van der Waals surface area contributed by atoms with Crippen LogP contribution in [-0.2, 0) is 9.59 Å². The van der Waals surface area contributed by atoms with Gasteiger partial charge in [0.25, 0.3) is 5.91 Å². The van der Waals surface area contributed by atoms with Gasteiger partial charge in [0.15, 0.2) is 11.8 Å². The van der Waals surface area contributed by atoms with E-state index in [9.17, 15) is 14.4 Å². The van der Waals surface area contributed by atoms with E-state index >= 15 is 0 Å². The fraction of sp³-hybridized carbons (Fsp3) is 0.0526. The number of aliphatic carboxylic acids is 1. The standard InChI is InChI=1S/C19H14N2O6S/c22-16(23)10-27-14-6-4-11(5-7-14)8-15-17(24)21-19(28-15)20-13-3-1-2-12(9-13)18(25)26/h1-9H,10H2,(H,22,23)(H,25,26)(H,20,21,24). The van der Waals surface area contributed by atoms with Gasteiger partial charge in [0.1, 0.15) is 5.75 Å². The normalized spacial score (nSPS) is 16.2. The van der Waals surface area contributed by atoms with Crippen LogP contribution in [0.4, 0.5) is 5.69 Å². The SMILES string of the molecule is O=C(O)COc1ccc(C=C2SC(=Nc3cccc(C(=O)O)c3)NC2=O)cc1. The van der Waals surface area contributed by atoms with Gasteiger partial charge in [-0.15, -0.1) is 0 Å². The van der Waals surface area contributed by atoms with Crippen LogP contribution >= 0.6 is 11.8 Å². The molecule has 9 heteroatoms. The smallest absolute Gasteiger partial charge is 0.341 e. The lowest BCUT2D eigenvalue weighted by Crippen LogP contribution is -2.19. The van der Waals surface area contributed by atoms with Crippen molar-refractivity contribution in [3.8, 4) is 5.75 Å². The topological polar surface area (TPSA) is 125 Å². The van der Waals surface area contributed by atoms with Crippen LogP contribution in [0.25, 0.3) is 6.08 Å². The lowest BCUT2D eigenvalue weighted by atomic mass is 10.2. The van der Waals surface area contributed by atoms with Crippen molar-refractivity contribution in [1.82, 2.24) is 5.32 Å². The minimum Gasteiger partial charge on any atom is -0.482 e. The van der Waals surface area contributed by atoms with Gasteiger partial charge in [-0.3, -0.25) is 4.79 Å². The number of carbonyl (C=O) groups excluding carboxylic acids is 1. The van der Waals surface area contributed by atoms with Gasteiger partial charge >= 0.3 is 11.9 Å². The molecule has 0 spiro atoms. The fourth-order valence-corrected chi connectivity index (χ4v) is 3.10. The summed E-state index contributed by atoms with van der Waals surface area (Å²) < 4.78 is 5.06. The van der Waals surface area contributed by atoms with Crippen LogP contribution in [0.5, 0.6) is 5.75 Å². The molecule has 8 nitrogen and oxygen atoms in total. The van der Waals surface area contributed by atoms with E-state index in [1.54, 1.807) is 42.5 Å². The van der Waals surface area contributed by atoms with Crippen LogP contribution < -0.4 is 10.1 Å². The number of thioether (sulfide) groups is 1. The molecule has 2 aromatic rings. The average molecular weight is 398 g/mol. The van der Waals surface area contributed by atoms with E-state index in [0.29, 0.717) is 21.5 Å². The maximum Gasteiger partial charge on any atom is 0.341 e. The summed E-state index contributed by atoms with van der Waals surface area (Å²) in [7, 11) is 0. The molecule has 142 valence electrons. The summed E-state index contributed by atoms with van der Waals surface area (Å²) in [6.07, 6.45) is 1.66. The molecule has 1 aliphatic rings. The Balaban J connectivity index is 1.72. The van der Waals surface area contributed by atoms with E-state index in [0.717, 1.165) is 17.3 Å². The van der Waals surface area contributed by atoms with Gasteiger partial charge in [0.05, 0.1) is 16.2 Å². The van der Waals surface area contributed by atoms with Crippen LogP contribution in [0.15, 0.2) is 58.4 Å². The first-order valence-corrected chi connectivity index (χ1v) is 8.80. The Morgan fingerprint density at radius 2 is 1.89 bits per heavy atom. The lowest BCUT2D eigenvalue weighted by Gasteiger charge is -2.03. The predicted molar refractivity (Wildman–Crippen MR) is 104 cm³/mol. The molecule has 1 fully saturated rings. The quantitative estimate of drug-likeness (QED) is 0.639. The number of carboxylic acid groups (broad SMARTS) is 2. The Kier molecular flexibility index (Phi) is 5.75. The van der Waals surface area contributed by atoms with Gasteiger partial charge in [-0.2, -0.15) is 0 Å². The summed E-state index contributed by atoms with van der Waals surface area (Å²) >= 11 is 1.14. The first kappa shape index (κ1) is 19.2. The fourth-order valence-electron chi connectivity index (χ4n) is 2.26. The van der Waals surface area contributed by atoms with E-state index in [2.05, 4.69) is 10.3 Å². The van der Waals surface area contributed by atoms with Crippen molar-refractivity contribution in [3.05, 3.63) is 64.6 Å². The highest BCUT2D eigenvalue weighted by Gasteiger charge is 2.23. The Bertz CT molecular complexity index is 998. The highest BCUT2D eigenvalue weighted by molar-refractivity contribution is 8.18. The molecule has 0 aliphatic carbocycles. The number of ether oxygens (including phenoxy) is 1. The first-order chi connectivity index (χ1) is 13.4. The lowest BCUT2D eigenvalue weighted by molar-refractivity contribution is -0.139. The number of aromatic carboxylic acids is 1. The zero-order valence-electron chi connectivity index (χ0n) is 14.3. The van der Waals surface area contributed by atoms with Gasteiger partial charge in [0, 0.05) is 0 Å². The van der Waals surface area contributed by atoms with Crippen molar-refractivity contribution in [3.63, 3.8) is 0 Å². The van der Waals surface area contributed by atoms with E-state index in [1.807, 2.05) is 0 Å². The molecule has 1 heterocycles. The van der Waals surface area contributed by atoms with Crippen molar-refractivity contribution >= 4 is 46.5 Å². The van der Waals surface area contributed by atoms with Crippen molar-refractivity contribution < 1.29 is 29.3 Å². The van der Waals surface area contributed by atoms with Gasteiger partial charge in [-0.1, -0.05) is 18.2 Å². The maximum absolute atomic E-state index is 12.1. The Morgan fingerprint density at radius 1 is 1.14 bits per heavy atom. The Hall–Kier alpha value is -3.59. The molecule has 3 N–H and O–H groups in total. The number of rotatable bonds is 6. The number of hydrogen-bond acceptors (Lipinski definition) is 6. The minimum absolute atomic E-state index is 0.108. The molecule has 0 radical (unpaired) electrons. The van der Waals surface area contributed by atoms with Crippen LogP contribution in [0.1, 0.15) is 15.9 Å². The van der Waals surface area contributed by atoms with E-state index in [-0.39, 0.29) is 11.5 Å². The number of carbonyl (C=O) groups is 3. The average Bonchev–Trinajstić information content (AvgIpc) is 3.00. The van der Waals surface area contributed by atoms with Gasteiger partial charge in [0.2, 0.25) is 0 Å². The van der Waals surface area contributed by atoms with E-state index in [1.165, 1.54) is 12.1 Å². The monoisotopic (exact) mass is 398 g/mol. The number of carboxylic acids is 2. The molecule has 0 aromatic heterocycles. The van der Waals surface area contributed by atoms with Crippen molar-refractivity contribution in [2.45, 2.75) is 0 Å². The Morgan fingerprint density at radius 3 is 2.57 bits per heavy atom. The van der Waals surface area contributed by atoms with E-state index in [4.69, 9.17) is 14.9 Å².